The van der Waals surface area contributed by atoms with Crippen LogP contribution in [0.25, 0.3) is 0 Å². The maximum Gasteiger partial charge on any atom is 0.307 e. The van der Waals surface area contributed by atoms with Gasteiger partial charge in [-0.2, -0.15) is 0 Å². The van der Waals surface area contributed by atoms with Crippen molar-refractivity contribution in [2.45, 2.75) is 46.3 Å². The molecule has 1 aromatic heterocycles. The van der Waals surface area contributed by atoms with Crippen LogP contribution in [0.15, 0.2) is 47.8 Å². The second-order valence-electron chi connectivity index (χ2n) is 8.40. The van der Waals surface area contributed by atoms with Crippen LogP contribution in [0.4, 0.5) is 11.4 Å². The molecule has 1 aliphatic rings. The van der Waals surface area contributed by atoms with E-state index in [9.17, 15) is 14.4 Å². The Morgan fingerprint density at radius 2 is 2.00 bits per heavy atom. The van der Waals surface area contributed by atoms with Crippen molar-refractivity contribution in [3.63, 3.8) is 0 Å². The average Bonchev–Trinajstić information content (AvgIpc) is 3.27. The van der Waals surface area contributed by atoms with E-state index in [-0.39, 0.29) is 37.8 Å². The number of nitrogens with one attached hydrogen (secondary N) is 1. The zero-order valence-corrected chi connectivity index (χ0v) is 20.7. The number of hydrogen-bond acceptors (Lipinski definition) is 7. The quantitative estimate of drug-likeness (QED) is 0.473. The summed E-state index contributed by atoms with van der Waals surface area (Å²) in [6.45, 7) is 5.81. The van der Waals surface area contributed by atoms with Gasteiger partial charge in [-0.3, -0.25) is 14.4 Å². The lowest BCUT2D eigenvalue weighted by Crippen LogP contribution is -2.45. The number of benzene rings is 2. The fraction of sp³-hybridized carbons (Fsp3) is 0.308. The molecule has 35 heavy (non-hydrogen) atoms. The number of fused-ring (bicyclic) bond motifs is 1. The summed E-state index contributed by atoms with van der Waals surface area (Å²) in [5.41, 5.74) is 4.08. The molecule has 0 bridgehead atoms. The van der Waals surface area contributed by atoms with E-state index in [0.717, 1.165) is 16.8 Å². The van der Waals surface area contributed by atoms with E-state index >= 15 is 0 Å². The van der Waals surface area contributed by atoms with Gasteiger partial charge < -0.3 is 19.7 Å². The molecule has 182 valence electrons. The van der Waals surface area contributed by atoms with Crippen molar-refractivity contribution in [3.8, 4) is 5.75 Å². The summed E-state index contributed by atoms with van der Waals surface area (Å²) < 4.78 is 11.0. The first-order valence-corrected chi connectivity index (χ1v) is 12.2. The van der Waals surface area contributed by atoms with Crippen molar-refractivity contribution in [1.29, 1.82) is 0 Å². The van der Waals surface area contributed by atoms with Crippen LogP contribution >= 0.6 is 11.3 Å². The number of aryl methyl sites for hydroxylation is 2. The Kier molecular flexibility index (Phi) is 7.45. The molecule has 1 aliphatic heterocycles. The summed E-state index contributed by atoms with van der Waals surface area (Å²) in [7, 11) is 0. The number of nitrogens with zero attached hydrogens (tertiary/aromatic N) is 2. The Morgan fingerprint density at radius 1 is 1.20 bits per heavy atom. The first-order valence-electron chi connectivity index (χ1n) is 11.3. The Balaban J connectivity index is 1.26. The molecule has 1 atom stereocenters. The van der Waals surface area contributed by atoms with Gasteiger partial charge in [0, 0.05) is 17.6 Å². The maximum absolute atomic E-state index is 12.5. The number of rotatable bonds is 8. The lowest BCUT2D eigenvalue weighted by atomic mass is 10.1. The van der Waals surface area contributed by atoms with E-state index in [1.54, 1.807) is 29.3 Å². The highest BCUT2D eigenvalue weighted by atomic mass is 32.1. The number of carbonyl (C=O) groups is 3. The van der Waals surface area contributed by atoms with Gasteiger partial charge in [0.2, 0.25) is 5.91 Å². The molecule has 9 heteroatoms. The molecular weight excluding hydrogens is 466 g/mol. The lowest BCUT2D eigenvalue weighted by molar-refractivity contribution is -0.144. The van der Waals surface area contributed by atoms with Crippen molar-refractivity contribution < 1.29 is 23.9 Å². The SMILES string of the molecule is Cc1ccc(C)c(NC(=O)Cc2nc(COC(=O)CCN3C(=O)C(C)Oc4ccccc43)cs2)c1. The highest BCUT2D eigenvalue weighted by Gasteiger charge is 2.31. The number of hydrogen-bond donors (Lipinski definition) is 1. The zero-order chi connectivity index (χ0) is 24.9. The number of para-hydroxylation sites is 2. The highest BCUT2D eigenvalue weighted by Crippen LogP contribution is 2.33. The predicted octanol–water partition coefficient (Wildman–Crippen LogP) is 4.19. The Morgan fingerprint density at radius 3 is 2.83 bits per heavy atom. The van der Waals surface area contributed by atoms with E-state index in [0.29, 0.717) is 22.1 Å². The van der Waals surface area contributed by atoms with Gasteiger partial charge in [-0.25, -0.2) is 4.98 Å². The van der Waals surface area contributed by atoms with E-state index in [1.165, 1.54) is 11.3 Å². The third kappa shape index (κ3) is 6.05. The van der Waals surface area contributed by atoms with Gasteiger partial charge in [0.25, 0.3) is 5.91 Å². The molecule has 0 spiro atoms. The smallest absolute Gasteiger partial charge is 0.307 e. The van der Waals surface area contributed by atoms with Crippen molar-refractivity contribution in [2.24, 2.45) is 0 Å². The maximum atomic E-state index is 12.5. The van der Waals surface area contributed by atoms with Crippen molar-refractivity contribution in [1.82, 2.24) is 4.98 Å². The van der Waals surface area contributed by atoms with Crippen LogP contribution in [-0.2, 0) is 32.1 Å². The first kappa shape index (κ1) is 24.4. The summed E-state index contributed by atoms with van der Waals surface area (Å²) in [4.78, 5) is 43.2. The van der Waals surface area contributed by atoms with Crippen LogP contribution in [0, 0.1) is 13.8 Å². The Labute approximate surface area is 207 Å². The molecule has 2 aromatic carbocycles. The molecule has 1 N–H and O–H groups in total. The van der Waals surface area contributed by atoms with Crippen molar-refractivity contribution >= 4 is 40.5 Å². The summed E-state index contributed by atoms with van der Waals surface area (Å²) in [6.07, 6.45) is -0.425. The topological polar surface area (TPSA) is 97.8 Å². The van der Waals surface area contributed by atoms with Gasteiger partial charge >= 0.3 is 5.97 Å². The minimum atomic E-state index is -0.610. The summed E-state index contributed by atoms with van der Waals surface area (Å²) in [5.74, 6) is -0.165. The van der Waals surface area contributed by atoms with Gasteiger partial charge in [0.1, 0.15) is 17.4 Å². The second-order valence-corrected chi connectivity index (χ2v) is 9.35. The third-order valence-electron chi connectivity index (χ3n) is 5.57. The van der Waals surface area contributed by atoms with Crippen LogP contribution in [0.3, 0.4) is 0 Å². The minimum absolute atomic E-state index is 0.0119. The number of esters is 1. The lowest BCUT2D eigenvalue weighted by Gasteiger charge is -2.32. The molecule has 1 unspecified atom stereocenters. The van der Waals surface area contributed by atoms with E-state index in [4.69, 9.17) is 9.47 Å². The van der Waals surface area contributed by atoms with E-state index in [1.807, 2.05) is 44.2 Å². The minimum Gasteiger partial charge on any atom is -0.479 e. The zero-order valence-electron chi connectivity index (χ0n) is 19.9. The number of carbonyl (C=O) groups excluding carboxylic acids is 3. The van der Waals surface area contributed by atoms with Gasteiger partial charge in [-0.15, -0.1) is 11.3 Å². The van der Waals surface area contributed by atoms with E-state index in [2.05, 4.69) is 10.3 Å². The number of amides is 2. The molecule has 0 saturated heterocycles. The largest absolute Gasteiger partial charge is 0.479 e. The highest BCUT2D eigenvalue weighted by molar-refractivity contribution is 7.09. The number of aromatic nitrogens is 1. The van der Waals surface area contributed by atoms with Crippen LogP contribution < -0.4 is 15.0 Å². The Hall–Kier alpha value is -3.72. The van der Waals surface area contributed by atoms with Gasteiger partial charge in [-0.05, 0) is 50.1 Å². The third-order valence-corrected chi connectivity index (χ3v) is 6.47. The molecule has 2 heterocycles. The average molecular weight is 494 g/mol. The van der Waals surface area contributed by atoms with Crippen LogP contribution in [0.2, 0.25) is 0 Å². The molecule has 0 fully saturated rings. The molecule has 0 aliphatic carbocycles. The monoisotopic (exact) mass is 493 g/mol. The van der Waals surface area contributed by atoms with Gasteiger partial charge in [0.05, 0.1) is 24.2 Å². The molecule has 0 saturated carbocycles. The van der Waals surface area contributed by atoms with Crippen molar-refractivity contribution in [2.75, 3.05) is 16.8 Å². The molecule has 2 amide bonds. The molecule has 0 radical (unpaired) electrons. The predicted molar refractivity (Wildman–Crippen MR) is 134 cm³/mol. The second kappa shape index (κ2) is 10.7. The first-order chi connectivity index (χ1) is 16.8. The van der Waals surface area contributed by atoms with Crippen LogP contribution in [0.1, 0.15) is 35.2 Å². The van der Waals surface area contributed by atoms with Crippen LogP contribution in [-0.4, -0.2) is 35.4 Å². The number of thiazole rings is 1. The molecule has 4 rings (SSSR count). The van der Waals surface area contributed by atoms with Gasteiger partial charge in [-0.1, -0.05) is 24.3 Å². The van der Waals surface area contributed by atoms with Crippen LogP contribution in [0.5, 0.6) is 5.75 Å². The van der Waals surface area contributed by atoms with E-state index < -0.39 is 12.1 Å². The summed E-state index contributed by atoms with van der Waals surface area (Å²) >= 11 is 1.35. The fourth-order valence-electron chi connectivity index (χ4n) is 3.72. The summed E-state index contributed by atoms with van der Waals surface area (Å²) in [6, 6.07) is 13.1. The Bertz CT molecular complexity index is 1260. The molecule has 3 aromatic rings. The van der Waals surface area contributed by atoms with Gasteiger partial charge in [0.15, 0.2) is 6.10 Å². The molecule has 8 nitrogen and oxygen atoms in total. The molecular formula is C26H27N3O5S. The normalized spacial score (nSPS) is 14.8. The number of ether oxygens (including phenoxy) is 2. The fourth-order valence-corrected chi connectivity index (χ4v) is 4.50. The number of anilines is 2. The van der Waals surface area contributed by atoms with Crippen molar-refractivity contribution in [3.05, 3.63) is 69.7 Å². The standard InChI is InChI=1S/C26H27N3O5S/c1-16-8-9-17(2)20(12-16)28-23(30)13-24-27-19(15-35-24)14-33-25(31)10-11-29-21-6-4-5-7-22(21)34-18(3)26(29)32/h4-9,12,15,18H,10-11,13-14H2,1-3H3,(H,28,30). The summed E-state index contributed by atoms with van der Waals surface area (Å²) in [5, 5.41) is 5.34.